The number of halogens is 1. The van der Waals surface area contributed by atoms with Crippen LogP contribution in [0.4, 0.5) is 0 Å². The molecule has 0 aliphatic carbocycles. The molecule has 196 valence electrons. The zero-order valence-electron chi connectivity index (χ0n) is 23.5. The molecular formula is C35H34ClN3. The average molecular weight is 532 g/mol. The van der Waals surface area contributed by atoms with Crippen molar-refractivity contribution in [3.05, 3.63) is 113 Å². The number of nitrogens with zero attached hydrogens (tertiary/aromatic N) is 3. The second kappa shape index (κ2) is 10.4. The van der Waals surface area contributed by atoms with Gasteiger partial charge in [-0.15, -0.1) is 0 Å². The second-order valence-electron chi connectivity index (χ2n) is 12.1. The molecule has 5 aromatic rings. The maximum absolute atomic E-state index is 6.35. The van der Waals surface area contributed by atoms with Crippen LogP contribution in [0.3, 0.4) is 0 Å². The Morgan fingerprint density at radius 2 is 0.641 bits per heavy atom. The van der Waals surface area contributed by atoms with Gasteiger partial charge in [-0.1, -0.05) is 139 Å². The Labute approximate surface area is 237 Å². The van der Waals surface area contributed by atoms with Crippen molar-refractivity contribution in [1.29, 1.82) is 0 Å². The van der Waals surface area contributed by atoms with Crippen molar-refractivity contribution < 1.29 is 0 Å². The molecule has 0 aliphatic heterocycles. The van der Waals surface area contributed by atoms with E-state index >= 15 is 0 Å². The summed E-state index contributed by atoms with van der Waals surface area (Å²) in [6.07, 6.45) is 0. The first-order valence-electron chi connectivity index (χ1n) is 13.3. The van der Waals surface area contributed by atoms with E-state index in [9.17, 15) is 0 Å². The first kappa shape index (κ1) is 26.8. The van der Waals surface area contributed by atoms with Crippen molar-refractivity contribution in [2.75, 3.05) is 0 Å². The smallest absolute Gasteiger partial charge is 0.208 e. The van der Waals surface area contributed by atoms with Crippen LogP contribution in [0.2, 0.25) is 5.28 Å². The van der Waals surface area contributed by atoms with Crippen LogP contribution in [-0.2, 0) is 10.8 Å². The average Bonchev–Trinajstić information content (AvgIpc) is 2.92. The Bertz CT molecular complexity index is 1450. The summed E-state index contributed by atoms with van der Waals surface area (Å²) in [5.41, 5.74) is 9.35. The summed E-state index contributed by atoms with van der Waals surface area (Å²) in [6, 6.07) is 34.0. The van der Waals surface area contributed by atoms with Gasteiger partial charge in [0.15, 0.2) is 11.6 Å². The van der Waals surface area contributed by atoms with Gasteiger partial charge in [-0.2, -0.15) is 9.97 Å². The van der Waals surface area contributed by atoms with Crippen LogP contribution in [-0.4, -0.2) is 15.0 Å². The van der Waals surface area contributed by atoms with Gasteiger partial charge in [-0.25, -0.2) is 4.98 Å². The van der Waals surface area contributed by atoms with E-state index in [0.29, 0.717) is 11.6 Å². The zero-order chi connectivity index (χ0) is 27.8. The minimum absolute atomic E-state index is 0.135. The molecule has 1 aromatic heterocycles. The molecule has 3 nitrogen and oxygen atoms in total. The van der Waals surface area contributed by atoms with Gasteiger partial charge in [0.25, 0.3) is 0 Å². The summed E-state index contributed by atoms with van der Waals surface area (Å²) < 4.78 is 0. The van der Waals surface area contributed by atoms with E-state index in [2.05, 4.69) is 124 Å². The number of hydrogen-bond donors (Lipinski definition) is 0. The number of aromatic nitrogens is 3. The van der Waals surface area contributed by atoms with E-state index in [0.717, 1.165) is 22.3 Å². The molecule has 4 heteroatoms. The summed E-state index contributed by atoms with van der Waals surface area (Å²) >= 11 is 6.35. The van der Waals surface area contributed by atoms with E-state index in [1.807, 2.05) is 24.3 Å². The molecular weight excluding hydrogens is 498 g/mol. The van der Waals surface area contributed by atoms with E-state index in [4.69, 9.17) is 16.6 Å². The SMILES string of the molecule is CC(C)(C)c1ccc(-c2ccc(-c3nc(Cl)nc(-c4ccc(-c5ccc(C(C)(C)C)cc5)cc4)n3)cc2)cc1. The maximum atomic E-state index is 6.35. The topological polar surface area (TPSA) is 38.7 Å². The van der Waals surface area contributed by atoms with Crippen LogP contribution in [0.5, 0.6) is 0 Å². The van der Waals surface area contributed by atoms with Crippen LogP contribution in [0, 0.1) is 0 Å². The minimum Gasteiger partial charge on any atom is -0.208 e. The quantitative estimate of drug-likeness (QED) is 0.231. The molecule has 5 rings (SSSR count). The maximum Gasteiger partial charge on any atom is 0.226 e. The van der Waals surface area contributed by atoms with Crippen LogP contribution >= 0.6 is 11.6 Å². The molecule has 0 aliphatic rings. The Kier molecular flexibility index (Phi) is 7.13. The molecule has 0 unspecified atom stereocenters. The zero-order valence-corrected chi connectivity index (χ0v) is 24.2. The summed E-state index contributed by atoms with van der Waals surface area (Å²) in [6.45, 7) is 13.4. The number of rotatable bonds is 4. The van der Waals surface area contributed by atoms with Crippen molar-refractivity contribution in [3.63, 3.8) is 0 Å². The summed E-state index contributed by atoms with van der Waals surface area (Å²) in [5, 5.41) is 0.179. The van der Waals surface area contributed by atoms with Crippen molar-refractivity contribution >= 4 is 11.6 Å². The van der Waals surface area contributed by atoms with Crippen LogP contribution < -0.4 is 0 Å². The summed E-state index contributed by atoms with van der Waals surface area (Å²) in [5.74, 6) is 1.11. The third-order valence-electron chi connectivity index (χ3n) is 7.06. The van der Waals surface area contributed by atoms with Crippen molar-refractivity contribution in [2.24, 2.45) is 0 Å². The Balaban J connectivity index is 1.37. The molecule has 1 heterocycles. The number of benzene rings is 4. The fraction of sp³-hybridized carbons (Fsp3) is 0.229. The molecule has 0 fully saturated rings. The lowest BCUT2D eigenvalue weighted by molar-refractivity contribution is 0.590. The molecule has 4 aromatic carbocycles. The predicted octanol–water partition coefficient (Wildman–Crippen LogP) is 9.79. The highest BCUT2D eigenvalue weighted by Gasteiger charge is 2.15. The molecule has 0 saturated heterocycles. The van der Waals surface area contributed by atoms with Gasteiger partial charge in [0.1, 0.15) is 0 Å². The highest BCUT2D eigenvalue weighted by atomic mass is 35.5. The Morgan fingerprint density at radius 3 is 0.923 bits per heavy atom. The van der Waals surface area contributed by atoms with Crippen LogP contribution in [0.1, 0.15) is 52.7 Å². The normalized spacial score (nSPS) is 12.0. The van der Waals surface area contributed by atoms with Gasteiger partial charge in [0, 0.05) is 11.1 Å². The molecule has 0 bridgehead atoms. The Morgan fingerprint density at radius 1 is 0.385 bits per heavy atom. The van der Waals surface area contributed by atoms with Gasteiger partial charge in [0.05, 0.1) is 0 Å². The Hall–Kier alpha value is -3.82. The minimum atomic E-state index is 0.135. The molecule has 0 amide bonds. The van der Waals surface area contributed by atoms with Gasteiger partial charge >= 0.3 is 0 Å². The fourth-order valence-corrected chi connectivity index (χ4v) is 4.72. The molecule has 0 N–H and O–H groups in total. The fourth-order valence-electron chi connectivity index (χ4n) is 4.56. The summed E-state index contributed by atoms with van der Waals surface area (Å²) in [4.78, 5) is 13.6. The monoisotopic (exact) mass is 531 g/mol. The third kappa shape index (κ3) is 6.10. The van der Waals surface area contributed by atoms with Gasteiger partial charge in [-0.05, 0) is 55.8 Å². The highest BCUT2D eigenvalue weighted by molar-refractivity contribution is 6.28. The first-order chi connectivity index (χ1) is 18.5. The van der Waals surface area contributed by atoms with Crippen molar-refractivity contribution in [3.8, 4) is 45.0 Å². The summed E-state index contributed by atoms with van der Waals surface area (Å²) in [7, 11) is 0. The molecule has 0 saturated carbocycles. The van der Waals surface area contributed by atoms with E-state index in [-0.39, 0.29) is 16.1 Å². The van der Waals surface area contributed by atoms with Gasteiger partial charge < -0.3 is 0 Å². The van der Waals surface area contributed by atoms with Gasteiger partial charge in [0.2, 0.25) is 5.28 Å². The largest absolute Gasteiger partial charge is 0.226 e. The van der Waals surface area contributed by atoms with E-state index in [1.165, 1.54) is 22.3 Å². The molecule has 0 radical (unpaired) electrons. The lowest BCUT2D eigenvalue weighted by Crippen LogP contribution is -2.10. The van der Waals surface area contributed by atoms with Crippen molar-refractivity contribution in [1.82, 2.24) is 15.0 Å². The van der Waals surface area contributed by atoms with Crippen LogP contribution in [0.25, 0.3) is 45.0 Å². The lowest BCUT2D eigenvalue weighted by Gasteiger charge is -2.19. The second-order valence-corrected chi connectivity index (χ2v) is 12.4. The molecule has 0 atom stereocenters. The van der Waals surface area contributed by atoms with E-state index in [1.54, 1.807) is 0 Å². The lowest BCUT2D eigenvalue weighted by atomic mass is 9.86. The third-order valence-corrected chi connectivity index (χ3v) is 7.23. The van der Waals surface area contributed by atoms with Crippen molar-refractivity contribution in [2.45, 2.75) is 52.4 Å². The highest BCUT2D eigenvalue weighted by Crippen LogP contribution is 2.30. The van der Waals surface area contributed by atoms with Gasteiger partial charge in [-0.3, -0.25) is 0 Å². The molecule has 0 spiro atoms. The van der Waals surface area contributed by atoms with Crippen LogP contribution in [0.15, 0.2) is 97.1 Å². The van der Waals surface area contributed by atoms with E-state index < -0.39 is 0 Å². The standard InChI is InChI=1S/C35H34ClN3/c1-34(2,3)29-19-15-25(16-20-29)23-7-11-27(12-8-23)31-37-32(39-33(36)38-31)28-13-9-24(10-14-28)26-17-21-30(22-18-26)35(4,5)6/h7-22H,1-6H3. The predicted molar refractivity (Wildman–Crippen MR) is 164 cm³/mol. The molecule has 39 heavy (non-hydrogen) atoms. The number of hydrogen-bond acceptors (Lipinski definition) is 3. The first-order valence-corrected chi connectivity index (χ1v) is 13.7.